The van der Waals surface area contributed by atoms with Crippen molar-refractivity contribution in [1.82, 2.24) is 14.9 Å². The molecule has 1 atom stereocenters. The Bertz CT molecular complexity index is 878. The second-order valence-corrected chi connectivity index (χ2v) is 7.57. The van der Waals surface area contributed by atoms with Crippen molar-refractivity contribution in [3.8, 4) is 5.75 Å². The minimum Gasteiger partial charge on any atom is -0.508 e. The number of phenolic OH excluding ortho intramolecular Hbond substituents is 1. The second kappa shape index (κ2) is 7.85. The molecule has 0 bridgehead atoms. The van der Waals surface area contributed by atoms with Gasteiger partial charge in [0.15, 0.2) is 5.78 Å². The molecule has 0 spiro atoms. The number of aliphatic hydroxyl groups excluding tert-OH is 1. The fourth-order valence-electron chi connectivity index (χ4n) is 4.27. The van der Waals surface area contributed by atoms with Crippen LogP contribution in [-0.2, 0) is 6.42 Å². The summed E-state index contributed by atoms with van der Waals surface area (Å²) in [6, 6.07) is 7.22. The van der Waals surface area contributed by atoms with E-state index in [4.69, 9.17) is 10.1 Å². The summed E-state index contributed by atoms with van der Waals surface area (Å²) >= 11 is 0. The molecule has 2 N–H and O–H groups in total. The van der Waals surface area contributed by atoms with E-state index in [-0.39, 0.29) is 24.1 Å². The lowest BCUT2D eigenvalue weighted by Crippen LogP contribution is -2.48. The molecule has 1 aliphatic heterocycles. The number of fused-ring (bicyclic) bond motifs is 1. The number of anilines is 1. The lowest BCUT2D eigenvalue weighted by Gasteiger charge is -2.35. The van der Waals surface area contributed by atoms with Gasteiger partial charge >= 0.3 is 0 Å². The molecule has 2 aliphatic rings. The highest BCUT2D eigenvalue weighted by Gasteiger charge is 2.32. The average molecular weight is 382 g/mol. The number of ketones is 1. The zero-order valence-electron chi connectivity index (χ0n) is 16.1. The highest BCUT2D eigenvalue weighted by Crippen LogP contribution is 2.37. The lowest BCUT2D eigenvalue weighted by atomic mass is 9.81. The van der Waals surface area contributed by atoms with E-state index in [1.54, 1.807) is 12.1 Å². The number of benzene rings is 1. The third-order valence-corrected chi connectivity index (χ3v) is 5.75. The third kappa shape index (κ3) is 3.59. The molecule has 148 valence electrons. The summed E-state index contributed by atoms with van der Waals surface area (Å²) in [7, 11) is 0. The maximum absolute atomic E-state index is 12.8. The van der Waals surface area contributed by atoms with Gasteiger partial charge in [0.05, 0.1) is 23.6 Å². The van der Waals surface area contributed by atoms with Gasteiger partial charge in [-0.25, -0.2) is 9.97 Å². The highest BCUT2D eigenvalue weighted by molar-refractivity contribution is 5.99. The molecule has 2 aromatic rings. The van der Waals surface area contributed by atoms with Crippen molar-refractivity contribution in [3.05, 3.63) is 46.8 Å². The van der Waals surface area contributed by atoms with Crippen LogP contribution in [0.5, 0.6) is 5.75 Å². The molecular formula is C21H26N4O3. The molecule has 7 heteroatoms. The van der Waals surface area contributed by atoms with Crippen molar-refractivity contribution in [2.24, 2.45) is 0 Å². The maximum atomic E-state index is 12.8. The number of aromatic hydroxyl groups is 1. The van der Waals surface area contributed by atoms with Crippen LogP contribution in [-0.4, -0.2) is 70.2 Å². The van der Waals surface area contributed by atoms with E-state index in [0.29, 0.717) is 30.9 Å². The van der Waals surface area contributed by atoms with Gasteiger partial charge in [0, 0.05) is 45.1 Å². The van der Waals surface area contributed by atoms with Crippen LogP contribution in [0, 0.1) is 6.92 Å². The first kappa shape index (κ1) is 18.8. The quantitative estimate of drug-likeness (QED) is 0.829. The number of rotatable bonds is 4. The van der Waals surface area contributed by atoms with E-state index in [1.165, 1.54) is 0 Å². The molecule has 0 amide bonds. The number of aliphatic hydroxyl groups is 1. The van der Waals surface area contributed by atoms with Gasteiger partial charge in [-0.3, -0.25) is 9.69 Å². The SMILES string of the molecule is Cc1nc(N2CCN(CCO)CC2)nc2c1C(=O)C[C@@H](c1ccccc1O)C2. The second-order valence-electron chi connectivity index (χ2n) is 7.57. The molecule has 1 saturated heterocycles. The summed E-state index contributed by atoms with van der Waals surface area (Å²) in [5.74, 6) is 0.886. The minimum atomic E-state index is -0.0650. The van der Waals surface area contributed by atoms with Gasteiger partial charge in [-0.05, 0) is 25.0 Å². The van der Waals surface area contributed by atoms with Crippen LogP contribution in [0.3, 0.4) is 0 Å². The van der Waals surface area contributed by atoms with E-state index in [2.05, 4.69) is 14.8 Å². The number of phenols is 1. The van der Waals surface area contributed by atoms with Gasteiger partial charge in [0.2, 0.25) is 5.95 Å². The first-order chi connectivity index (χ1) is 13.6. The third-order valence-electron chi connectivity index (χ3n) is 5.75. The number of hydrogen-bond donors (Lipinski definition) is 2. The molecule has 1 aliphatic carbocycles. The van der Waals surface area contributed by atoms with Crippen molar-refractivity contribution in [2.75, 3.05) is 44.2 Å². The normalized spacial score (nSPS) is 20.3. The van der Waals surface area contributed by atoms with Crippen LogP contribution in [0.25, 0.3) is 0 Å². The Morgan fingerprint density at radius 2 is 1.86 bits per heavy atom. The smallest absolute Gasteiger partial charge is 0.225 e. The van der Waals surface area contributed by atoms with E-state index < -0.39 is 0 Å². The van der Waals surface area contributed by atoms with Crippen LogP contribution in [0.15, 0.2) is 24.3 Å². The standard InChI is InChI=1S/C21H26N4O3/c1-14-20-17(12-15(13-19(20)28)16-4-2-3-5-18(16)27)23-21(22-14)25-8-6-24(7-9-25)10-11-26/h2-5,15,26-27H,6-13H2,1H3/t15-/m0/s1. The molecular weight excluding hydrogens is 356 g/mol. The molecule has 7 nitrogen and oxygen atoms in total. The zero-order valence-corrected chi connectivity index (χ0v) is 16.1. The number of nitrogens with zero attached hydrogens (tertiary/aromatic N) is 4. The lowest BCUT2D eigenvalue weighted by molar-refractivity contribution is 0.0961. The van der Waals surface area contributed by atoms with Gasteiger partial charge in [0.25, 0.3) is 0 Å². The number of para-hydroxylation sites is 1. The molecule has 0 radical (unpaired) electrons. The Kier molecular flexibility index (Phi) is 5.28. The first-order valence-corrected chi connectivity index (χ1v) is 9.83. The number of carbonyl (C=O) groups is 1. The Labute approximate surface area is 164 Å². The topological polar surface area (TPSA) is 89.8 Å². The molecule has 1 aromatic carbocycles. The monoisotopic (exact) mass is 382 g/mol. The molecule has 28 heavy (non-hydrogen) atoms. The summed E-state index contributed by atoms with van der Waals surface area (Å²) in [6.07, 6.45) is 0.993. The number of hydrogen-bond acceptors (Lipinski definition) is 7. The number of Topliss-reactive ketones (excluding diaryl/α,β-unsaturated/α-hetero) is 1. The van der Waals surface area contributed by atoms with Crippen LogP contribution >= 0.6 is 0 Å². The first-order valence-electron chi connectivity index (χ1n) is 9.83. The van der Waals surface area contributed by atoms with E-state index in [0.717, 1.165) is 43.1 Å². The Hall–Kier alpha value is -2.51. The fraction of sp³-hybridized carbons (Fsp3) is 0.476. The van der Waals surface area contributed by atoms with E-state index >= 15 is 0 Å². The molecule has 0 saturated carbocycles. The van der Waals surface area contributed by atoms with Gasteiger partial charge in [-0.2, -0.15) is 0 Å². The molecule has 4 rings (SSSR count). The maximum Gasteiger partial charge on any atom is 0.225 e. The predicted molar refractivity (Wildman–Crippen MR) is 106 cm³/mol. The van der Waals surface area contributed by atoms with Crippen molar-refractivity contribution >= 4 is 11.7 Å². The number of aromatic nitrogens is 2. The van der Waals surface area contributed by atoms with E-state index in [1.807, 2.05) is 19.1 Å². The molecule has 1 fully saturated rings. The number of β-amino-alcohol motifs (C(OH)–C–C–N with tert-alkyl or cyclic N) is 1. The summed E-state index contributed by atoms with van der Waals surface area (Å²) in [6.45, 7) is 6.06. The predicted octanol–water partition coefficient (Wildman–Crippen LogP) is 1.52. The molecule has 0 unspecified atom stereocenters. The van der Waals surface area contributed by atoms with Crippen molar-refractivity contribution in [2.45, 2.75) is 25.7 Å². The van der Waals surface area contributed by atoms with Gasteiger partial charge in [0.1, 0.15) is 5.75 Å². The molecule has 1 aromatic heterocycles. The van der Waals surface area contributed by atoms with Gasteiger partial charge in [-0.1, -0.05) is 18.2 Å². The number of piperazine rings is 1. The van der Waals surface area contributed by atoms with Crippen LogP contribution in [0.1, 0.15) is 39.6 Å². The molecule has 2 heterocycles. The highest BCUT2D eigenvalue weighted by atomic mass is 16.3. The Balaban J connectivity index is 1.60. The Morgan fingerprint density at radius 3 is 2.57 bits per heavy atom. The summed E-state index contributed by atoms with van der Waals surface area (Å²) in [5, 5.41) is 19.3. The largest absolute Gasteiger partial charge is 0.508 e. The van der Waals surface area contributed by atoms with Crippen LogP contribution < -0.4 is 4.90 Å². The van der Waals surface area contributed by atoms with Crippen molar-refractivity contribution in [1.29, 1.82) is 0 Å². The van der Waals surface area contributed by atoms with Crippen molar-refractivity contribution < 1.29 is 15.0 Å². The van der Waals surface area contributed by atoms with Gasteiger partial charge in [-0.15, -0.1) is 0 Å². The van der Waals surface area contributed by atoms with E-state index in [9.17, 15) is 9.90 Å². The number of carbonyl (C=O) groups excluding carboxylic acids is 1. The number of aryl methyl sites for hydroxylation is 1. The zero-order chi connectivity index (χ0) is 19.7. The van der Waals surface area contributed by atoms with Crippen LogP contribution in [0.4, 0.5) is 5.95 Å². The fourth-order valence-corrected chi connectivity index (χ4v) is 4.27. The van der Waals surface area contributed by atoms with Crippen LogP contribution in [0.2, 0.25) is 0 Å². The minimum absolute atomic E-state index is 0.0475. The Morgan fingerprint density at radius 1 is 1.11 bits per heavy atom. The van der Waals surface area contributed by atoms with Gasteiger partial charge < -0.3 is 15.1 Å². The average Bonchev–Trinajstić information content (AvgIpc) is 2.68. The summed E-state index contributed by atoms with van der Waals surface area (Å²) in [5.41, 5.74) is 2.97. The summed E-state index contributed by atoms with van der Waals surface area (Å²) < 4.78 is 0. The van der Waals surface area contributed by atoms with Crippen molar-refractivity contribution in [3.63, 3.8) is 0 Å². The summed E-state index contributed by atoms with van der Waals surface area (Å²) in [4.78, 5) is 26.6.